The van der Waals surface area contributed by atoms with E-state index in [-0.39, 0.29) is 17.6 Å². The van der Waals surface area contributed by atoms with Crippen molar-refractivity contribution < 1.29 is 4.79 Å². The number of urea groups is 1. The third-order valence-electron chi connectivity index (χ3n) is 2.07. The first kappa shape index (κ1) is 13.2. The first-order valence-electron chi connectivity index (χ1n) is 5.05. The zero-order valence-electron chi connectivity index (χ0n) is 9.85. The third kappa shape index (κ3) is 5.80. The number of hydrogen-bond acceptors (Lipinski definition) is 2. The van der Waals surface area contributed by atoms with Gasteiger partial charge in [-0.1, -0.05) is 6.92 Å². The van der Waals surface area contributed by atoms with E-state index in [1.165, 1.54) is 0 Å². The van der Waals surface area contributed by atoms with Crippen LogP contribution < -0.4 is 16.4 Å². The van der Waals surface area contributed by atoms with Gasteiger partial charge in [-0.3, -0.25) is 0 Å². The van der Waals surface area contributed by atoms with Crippen molar-refractivity contribution in [2.24, 2.45) is 11.7 Å². The maximum Gasteiger partial charge on any atom is 0.315 e. The number of carbonyl (C=O) groups is 1. The lowest BCUT2D eigenvalue weighted by Crippen LogP contribution is -2.50. The van der Waals surface area contributed by atoms with Crippen LogP contribution in [0.3, 0.4) is 0 Å². The molecule has 84 valence electrons. The molecule has 14 heavy (non-hydrogen) atoms. The highest BCUT2D eigenvalue weighted by molar-refractivity contribution is 5.74. The summed E-state index contributed by atoms with van der Waals surface area (Å²) in [5, 5.41) is 5.70. The third-order valence-corrected chi connectivity index (χ3v) is 2.07. The molecule has 2 unspecified atom stereocenters. The summed E-state index contributed by atoms with van der Waals surface area (Å²) in [7, 11) is 0. The zero-order chi connectivity index (χ0) is 11.4. The standard InChI is InChI=1S/C10H23N3O/c1-7(6-11)8(2)12-9(14)13-10(3,4)5/h7-8H,6,11H2,1-5H3,(H2,12,13,14). The Balaban J connectivity index is 3.95. The van der Waals surface area contributed by atoms with Crippen LogP contribution in [0.25, 0.3) is 0 Å². The number of carbonyl (C=O) groups excluding carboxylic acids is 1. The summed E-state index contributed by atoms with van der Waals surface area (Å²) in [6, 6.07) is -0.0346. The van der Waals surface area contributed by atoms with Gasteiger partial charge >= 0.3 is 6.03 Å². The van der Waals surface area contributed by atoms with Gasteiger partial charge in [0.1, 0.15) is 0 Å². The van der Waals surface area contributed by atoms with Crippen LogP contribution in [0.1, 0.15) is 34.6 Å². The monoisotopic (exact) mass is 201 g/mol. The maximum atomic E-state index is 11.4. The number of amides is 2. The van der Waals surface area contributed by atoms with E-state index in [1.807, 2.05) is 34.6 Å². The van der Waals surface area contributed by atoms with Crippen molar-refractivity contribution in [3.63, 3.8) is 0 Å². The number of nitrogens with two attached hydrogens (primary N) is 1. The number of rotatable bonds is 3. The van der Waals surface area contributed by atoms with Crippen molar-refractivity contribution in [2.75, 3.05) is 6.54 Å². The largest absolute Gasteiger partial charge is 0.335 e. The van der Waals surface area contributed by atoms with Crippen molar-refractivity contribution in [3.8, 4) is 0 Å². The molecule has 0 aliphatic heterocycles. The highest BCUT2D eigenvalue weighted by Crippen LogP contribution is 2.01. The second kappa shape index (κ2) is 5.20. The van der Waals surface area contributed by atoms with Crippen LogP contribution in [0, 0.1) is 5.92 Å². The van der Waals surface area contributed by atoms with E-state index in [0.717, 1.165) is 0 Å². The van der Waals surface area contributed by atoms with E-state index >= 15 is 0 Å². The fourth-order valence-corrected chi connectivity index (χ4v) is 0.930. The minimum absolute atomic E-state index is 0.0994. The van der Waals surface area contributed by atoms with Gasteiger partial charge in [0.25, 0.3) is 0 Å². The quantitative estimate of drug-likeness (QED) is 0.639. The fraction of sp³-hybridized carbons (Fsp3) is 0.900. The molecular formula is C10H23N3O. The van der Waals surface area contributed by atoms with E-state index < -0.39 is 0 Å². The summed E-state index contributed by atoms with van der Waals surface area (Å²) >= 11 is 0. The lowest BCUT2D eigenvalue weighted by Gasteiger charge is -2.25. The molecule has 2 amide bonds. The normalized spacial score (nSPS) is 15.9. The Labute approximate surface area is 86.6 Å². The van der Waals surface area contributed by atoms with E-state index in [0.29, 0.717) is 12.5 Å². The first-order valence-corrected chi connectivity index (χ1v) is 5.05. The summed E-state index contributed by atoms with van der Waals surface area (Å²) in [6.07, 6.45) is 0. The number of nitrogens with one attached hydrogen (secondary N) is 2. The second-order valence-electron chi connectivity index (χ2n) is 4.85. The molecular weight excluding hydrogens is 178 g/mol. The minimum atomic E-state index is -0.199. The molecule has 0 aliphatic rings. The molecule has 0 saturated carbocycles. The molecule has 0 fully saturated rings. The van der Waals surface area contributed by atoms with Crippen molar-refractivity contribution >= 4 is 6.03 Å². The molecule has 4 nitrogen and oxygen atoms in total. The van der Waals surface area contributed by atoms with E-state index in [1.54, 1.807) is 0 Å². The average Bonchev–Trinajstić information content (AvgIpc) is 1.99. The zero-order valence-corrected chi connectivity index (χ0v) is 9.85. The van der Waals surface area contributed by atoms with Crippen LogP contribution in [0.4, 0.5) is 4.79 Å². The smallest absolute Gasteiger partial charge is 0.315 e. The minimum Gasteiger partial charge on any atom is -0.335 e. The molecule has 0 radical (unpaired) electrons. The number of hydrogen-bond donors (Lipinski definition) is 3. The highest BCUT2D eigenvalue weighted by atomic mass is 16.2. The van der Waals surface area contributed by atoms with Crippen molar-refractivity contribution in [3.05, 3.63) is 0 Å². The molecule has 0 aliphatic carbocycles. The molecule has 4 N–H and O–H groups in total. The summed E-state index contributed by atoms with van der Waals surface area (Å²) < 4.78 is 0. The predicted molar refractivity (Wildman–Crippen MR) is 59.1 cm³/mol. The lowest BCUT2D eigenvalue weighted by molar-refractivity contribution is 0.225. The Kier molecular flexibility index (Phi) is 4.91. The van der Waals surface area contributed by atoms with Gasteiger partial charge in [-0.25, -0.2) is 4.79 Å². The molecule has 0 saturated heterocycles. The summed E-state index contributed by atoms with van der Waals surface area (Å²) in [4.78, 5) is 11.4. The maximum absolute atomic E-state index is 11.4. The van der Waals surface area contributed by atoms with Crippen LogP contribution in [0.5, 0.6) is 0 Å². The first-order chi connectivity index (χ1) is 6.26. The predicted octanol–water partition coefficient (Wildman–Crippen LogP) is 1.07. The summed E-state index contributed by atoms with van der Waals surface area (Å²) in [6.45, 7) is 10.4. The van der Waals surface area contributed by atoms with Crippen LogP contribution >= 0.6 is 0 Å². The van der Waals surface area contributed by atoms with Crippen molar-refractivity contribution in [2.45, 2.75) is 46.2 Å². The Morgan fingerprint density at radius 3 is 2.21 bits per heavy atom. The molecule has 0 spiro atoms. The molecule has 2 atom stereocenters. The average molecular weight is 201 g/mol. The molecule has 0 heterocycles. The van der Waals surface area contributed by atoms with E-state index in [9.17, 15) is 4.79 Å². The second-order valence-corrected chi connectivity index (χ2v) is 4.85. The molecule has 0 bridgehead atoms. The van der Waals surface area contributed by atoms with Gasteiger partial charge in [0.2, 0.25) is 0 Å². The topological polar surface area (TPSA) is 67.1 Å². The van der Waals surface area contributed by atoms with Gasteiger partial charge in [-0.05, 0) is 40.2 Å². The Bertz CT molecular complexity index is 186. The molecule has 0 aromatic carbocycles. The summed E-state index contributed by atoms with van der Waals surface area (Å²) in [5.41, 5.74) is 5.31. The molecule has 0 aromatic heterocycles. The van der Waals surface area contributed by atoms with Crippen LogP contribution in [-0.2, 0) is 0 Å². The van der Waals surface area contributed by atoms with E-state index in [2.05, 4.69) is 10.6 Å². The Morgan fingerprint density at radius 2 is 1.86 bits per heavy atom. The Morgan fingerprint density at radius 1 is 1.36 bits per heavy atom. The van der Waals surface area contributed by atoms with Gasteiger partial charge in [-0.2, -0.15) is 0 Å². The van der Waals surface area contributed by atoms with Crippen LogP contribution in [0.2, 0.25) is 0 Å². The van der Waals surface area contributed by atoms with Crippen LogP contribution in [-0.4, -0.2) is 24.2 Å². The van der Waals surface area contributed by atoms with Gasteiger partial charge in [0.05, 0.1) is 0 Å². The summed E-state index contributed by atoms with van der Waals surface area (Å²) in [5.74, 6) is 0.292. The SMILES string of the molecule is CC(CN)C(C)NC(=O)NC(C)(C)C. The van der Waals surface area contributed by atoms with Crippen molar-refractivity contribution in [1.29, 1.82) is 0 Å². The highest BCUT2D eigenvalue weighted by Gasteiger charge is 2.17. The van der Waals surface area contributed by atoms with Crippen molar-refractivity contribution in [1.82, 2.24) is 10.6 Å². The van der Waals surface area contributed by atoms with E-state index in [4.69, 9.17) is 5.73 Å². The Hall–Kier alpha value is -0.770. The lowest BCUT2D eigenvalue weighted by atomic mass is 10.0. The van der Waals surface area contributed by atoms with Gasteiger partial charge in [-0.15, -0.1) is 0 Å². The van der Waals surface area contributed by atoms with Gasteiger partial charge in [0.15, 0.2) is 0 Å². The molecule has 4 heteroatoms. The molecule has 0 rings (SSSR count). The fourth-order valence-electron chi connectivity index (χ4n) is 0.930. The molecule has 0 aromatic rings. The van der Waals surface area contributed by atoms with Gasteiger partial charge in [0, 0.05) is 11.6 Å². The van der Waals surface area contributed by atoms with Gasteiger partial charge < -0.3 is 16.4 Å². The van der Waals surface area contributed by atoms with Crippen LogP contribution in [0.15, 0.2) is 0 Å².